The number of carbonyl (C=O) groups excluding carboxylic acids is 1. The Kier molecular flexibility index (Phi) is 4.79. The van der Waals surface area contributed by atoms with E-state index in [2.05, 4.69) is 26.3 Å². The molecule has 1 N–H and O–H groups in total. The van der Waals surface area contributed by atoms with Crippen molar-refractivity contribution in [2.24, 2.45) is 0 Å². The minimum Gasteiger partial charge on any atom is -0.484 e. The number of nitrogens with one attached hydrogen (secondary N) is 1. The van der Waals surface area contributed by atoms with Gasteiger partial charge in [0.1, 0.15) is 11.6 Å². The molecule has 0 saturated heterocycles. The van der Waals surface area contributed by atoms with Crippen LogP contribution in [0.15, 0.2) is 41.0 Å². The third-order valence-electron chi connectivity index (χ3n) is 2.61. The van der Waals surface area contributed by atoms with Gasteiger partial charge in [-0.1, -0.05) is 15.9 Å². The number of carbonyl (C=O) groups is 1. The van der Waals surface area contributed by atoms with Gasteiger partial charge in [-0.25, -0.2) is 4.68 Å². The molecule has 0 aliphatic heterocycles. The van der Waals surface area contributed by atoms with Gasteiger partial charge in [-0.3, -0.25) is 4.79 Å². The molecule has 20 heavy (non-hydrogen) atoms. The van der Waals surface area contributed by atoms with Crippen molar-refractivity contribution in [3.8, 4) is 5.75 Å². The van der Waals surface area contributed by atoms with Crippen LogP contribution >= 0.6 is 15.9 Å². The van der Waals surface area contributed by atoms with Crippen molar-refractivity contribution in [1.82, 2.24) is 9.78 Å². The molecule has 0 atom stereocenters. The molecule has 5 nitrogen and oxygen atoms in total. The Hall–Kier alpha value is -1.82. The summed E-state index contributed by atoms with van der Waals surface area (Å²) in [6.45, 7) is 3.97. The Bertz CT molecular complexity index is 578. The van der Waals surface area contributed by atoms with Crippen molar-refractivity contribution in [3.63, 3.8) is 0 Å². The molecule has 1 aromatic carbocycles. The van der Waals surface area contributed by atoms with Crippen LogP contribution in [0.4, 0.5) is 5.82 Å². The van der Waals surface area contributed by atoms with Gasteiger partial charge < -0.3 is 10.1 Å². The van der Waals surface area contributed by atoms with Gasteiger partial charge in [0.05, 0.1) is 6.20 Å². The molecule has 0 bridgehead atoms. The molecule has 0 fully saturated rings. The van der Waals surface area contributed by atoms with Crippen LogP contribution in [0.2, 0.25) is 0 Å². The van der Waals surface area contributed by atoms with Crippen LogP contribution in [-0.4, -0.2) is 22.3 Å². The third-order valence-corrected chi connectivity index (χ3v) is 3.14. The largest absolute Gasteiger partial charge is 0.484 e. The van der Waals surface area contributed by atoms with Crippen molar-refractivity contribution < 1.29 is 9.53 Å². The second kappa shape index (κ2) is 6.56. The van der Waals surface area contributed by atoms with Gasteiger partial charge in [-0.15, -0.1) is 0 Å². The molecule has 1 aromatic heterocycles. The summed E-state index contributed by atoms with van der Waals surface area (Å²) in [6.07, 6.45) is 1.66. The normalized spacial score (nSPS) is 10.6. The number of rotatable bonds is 5. The number of aromatic nitrogens is 2. The summed E-state index contributed by atoms with van der Waals surface area (Å²) in [5, 5.41) is 6.93. The minimum absolute atomic E-state index is 0.0368. The lowest BCUT2D eigenvalue weighted by Gasteiger charge is -2.12. The zero-order valence-corrected chi connectivity index (χ0v) is 12.9. The first-order valence-corrected chi connectivity index (χ1v) is 7.07. The predicted octanol–water partition coefficient (Wildman–Crippen LogP) is 3.24. The highest BCUT2D eigenvalue weighted by Gasteiger charge is 2.09. The highest BCUT2D eigenvalue weighted by Crippen LogP contribution is 2.16. The van der Waals surface area contributed by atoms with Gasteiger partial charge >= 0.3 is 0 Å². The fourth-order valence-corrected chi connectivity index (χ4v) is 1.95. The topological polar surface area (TPSA) is 56.2 Å². The van der Waals surface area contributed by atoms with Crippen LogP contribution in [0.1, 0.15) is 19.9 Å². The fraction of sp³-hybridized carbons (Fsp3) is 0.286. The molecule has 1 heterocycles. The van der Waals surface area contributed by atoms with Crippen LogP contribution < -0.4 is 10.1 Å². The van der Waals surface area contributed by atoms with Crippen molar-refractivity contribution in [1.29, 1.82) is 0 Å². The van der Waals surface area contributed by atoms with Crippen LogP contribution in [0.25, 0.3) is 0 Å². The van der Waals surface area contributed by atoms with E-state index in [1.165, 1.54) is 0 Å². The zero-order valence-electron chi connectivity index (χ0n) is 11.3. The number of hydrogen-bond acceptors (Lipinski definition) is 3. The predicted molar refractivity (Wildman–Crippen MR) is 80.9 cm³/mol. The average molecular weight is 338 g/mol. The first-order chi connectivity index (χ1) is 9.56. The average Bonchev–Trinajstić information content (AvgIpc) is 2.86. The molecule has 0 unspecified atom stereocenters. The van der Waals surface area contributed by atoms with E-state index in [9.17, 15) is 4.79 Å². The summed E-state index contributed by atoms with van der Waals surface area (Å²) in [4.78, 5) is 11.8. The quantitative estimate of drug-likeness (QED) is 0.911. The number of benzene rings is 1. The van der Waals surface area contributed by atoms with Gasteiger partial charge in [0, 0.05) is 16.6 Å². The number of nitrogens with zero attached hydrogens (tertiary/aromatic N) is 2. The fourth-order valence-electron chi connectivity index (χ4n) is 1.68. The Morgan fingerprint density at radius 2 is 2.05 bits per heavy atom. The molecule has 106 valence electrons. The second-order valence-corrected chi connectivity index (χ2v) is 5.46. The highest BCUT2D eigenvalue weighted by atomic mass is 79.9. The summed E-state index contributed by atoms with van der Waals surface area (Å²) < 4.78 is 8.12. The minimum atomic E-state index is -0.213. The van der Waals surface area contributed by atoms with Crippen molar-refractivity contribution in [2.75, 3.05) is 11.9 Å². The molecule has 0 spiro atoms. The highest BCUT2D eigenvalue weighted by molar-refractivity contribution is 9.10. The van der Waals surface area contributed by atoms with Gasteiger partial charge in [-0.2, -0.15) is 5.10 Å². The zero-order chi connectivity index (χ0) is 14.5. The lowest BCUT2D eigenvalue weighted by atomic mass is 10.3. The summed E-state index contributed by atoms with van der Waals surface area (Å²) in [5.41, 5.74) is 0. The number of anilines is 1. The molecule has 0 radical (unpaired) electrons. The van der Waals surface area contributed by atoms with E-state index >= 15 is 0 Å². The first kappa shape index (κ1) is 14.6. The van der Waals surface area contributed by atoms with Gasteiger partial charge in [-0.05, 0) is 38.1 Å². The Labute approximate surface area is 126 Å². The van der Waals surface area contributed by atoms with Crippen molar-refractivity contribution in [2.45, 2.75) is 19.9 Å². The molecule has 0 aliphatic rings. The van der Waals surface area contributed by atoms with Gasteiger partial charge in [0.25, 0.3) is 5.91 Å². The molecule has 2 rings (SSSR count). The Balaban J connectivity index is 1.89. The van der Waals surface area contributed by atoms with E-state index < -0.39 is 0 Å². The Morgan fingerprint density at radius 3 is 2.70 bits per heavy atom. The number of amides is 1. The molecule has 1 amide bonds. The maximum Gasteiger partial charge on any atom is 0.263 e. The monoisotopic (exact) mass is 337 g/mol. The summed E-state index contributed by atoms with van der Waals surface area (Å²) >= 11 is 3.34. The van der Waals surface area contributed by atoms with Crippen LogP contribution in [-0.2, 0) is 4.79 Å². The van der Waals surface area contributed by atoms with E-state index in [0.29, 0.717) is 11.6 Å². The van der Waals surface area contributed by atoms with Crippen LogP contribution in [0.3, 0.4) is 0 Å². The van der Waals surface area contributed by atoms with Crippen LogP contribution in [0.5, 0.6) is 5.75 Å². The molecule has 2 aromatic rings. The van der Waals surface area contributed by atoms with Crippen LogP contribution in [0, 0.1) is 0 Å². The smallest absolute Gasteiger partial charge is 0.263 e. The number of halogens is 1. The van der Waals surface area contributed by atoms with Crippen molar-refractivity contribution in [3.05, 3.63) is 41.0 Å². The summed E-state index contributed by atoms with van der Waals surface area (Å²) in [5.74, 6) is 1.11. The van der Waals surface area contributed by atoms with E-state index in [1.54, 1.807) is 29.1 Å². The lowest BCUT2D eigenvalue weighted by molar-refractivity contribution is -0.118. The molecule has 6 heteroatoms. The molecular formula is C14H16BrN3O2. The molecule has 0 aliphatic carbocycles. The van der Waals surface area contributed by atoms with E-state index in [1.807, 2.05) is 26.0 Å². The maximum atomic E-state index is 11.8. The standard InChI is InChI=1S/C14H16BrN3O2/c1-10(2)18-13(7-8-16-18)17-14(19)9-20-12-5-3-11(15)4-6-12/h3-8,10H,9H2,1-2H3,(H,17,19). The first-order valence-electron chi connectivity index (χ1n) is 6.28. The Morgan fingerprint density at radius 1 is 1.35 bits per heavy atom. The van der Waals surface area contributed by atoms with Gasteiger partial charge in [0.2, 0.25) is 0 Å². The third kappa shape index (κ3) is 3.84. The van der Waals surface area contributed by atoms with E-state index in [0.717, 1.165) is 4.47 Å². The lowest BCUT2D eigenvalue weighted by Crippen LogP contribution is -2.22. The number of ether oxygens (including phenoxy) is 1. The molecular weight excluding hydrogens is 322 g/mol. The second-order valence-electron chi connectivity index (χ2n) is 4.55. The maximum absolute atomic E-state index is 11.8. The molecule has 0 saturated carbocycles. The summed E-state index contributed by atoms with van der Waals surface area (Å²) in [6, 6.07) is 9.28. The summed E-state index contributed by atoms with van der Waals surface area (Å²) in [7, 11) is 0. The van der Waals surface area contributed by atoms with Crippen molar-refractivity contribution >= 4 is 27.7 Å². The van der Waals surface area contributed by atoms with E-state index in [4.69, 9.17) is 4.74 Å². The van der Waals surface area contributed by atoms with Gasteiger partial charge in [0.15, 0.2) is 6.61 Å². The van der Waals surface area contributed by atoms with E-state index in [-0.39, 0.29) is 18.6 Å². The SMILES string of the molecule is CC(C)n1nccc1NC(=O)COc1ccc(Br)cc1. The number of hydrogen-bond donors (Lipinski definition) is 1.